The molecule has 4 amide bonds. The number of rotatable bonds is 26. The number of Topliss-reactive ketones (excluding diaryl/α,β-unsaturated/α-hetero) is 2. The van der Waals surface area contributed by atoms with Crippen molar-refractivity contribution in [2.45, 2.75) is 82.4 Å². The van der Waals surface area contributed by atoms with Crippen molar-refractivity contribution in [3.8, 4) is 22.3 Å². The molecule has 0 bridgehead atoms. The van der Waals surface area contributed by atoms with Crippen LogP contribution in [0, 0.1) is 0 Å². The topological polar surface area (TPSA) is 251 Å². The first-order chi connectivity index (χ1) is 44.8. The predicted octanol–water partition coefficient (Wildman–Crippen LogP) is 11.9. The monoisotopic (exact) mass is 1340 g/mol. The van der Waals surface area contributed by atoms with E-state index < -0.39 is 65.8 Å². The number of carbonyl (C=O) groups is 8. The summed E-state index contributed by atoms with van der Waals surface area (Å²) in [6.45, 7) is -0.196. The van der Waals surface area contributed by atoms with E-state index in [4.69, 9.17) is 51.1 Å². The third-order valence-electron chi connectivity index (χ3n) is 14.9. The van der Waals surface area contributed by atoms with Gasteiger partial charge in [0, 0.05) is 49.1 Å². The smallest absolute Gasteiger partial charge is 0.328 e. The Kier molecular flexibility index (Phi) is 25.9. The van der Waals surface area contributed by atoms with Gasteiger partial charge in [0.05, 0.1) is 57.4 Å². The summed E-state index contributed by atoms with van der Waals surface area (Å²) >= 11 is 25.7. The summed E-state index contributed by atoms with van der Waals surface area (Å²) in [7, 11) is 0. The largest absolute Gasteiger partial charge is 0.480 e. The maximum Gasteiger partial charge on any atom is 0.328 e. The highest BCUT2D eigenvalue weighted by molar-refractivity contribution is 6.41. The maximum atomic E-state index is 13.4. The Morgan fingerprint density at radius 2 is 0.978 bits per heavy atom. The van der Waals surface area contributed by atoms with E-state index in [0.29, 0.717) is 53.8 Å². The Bertz CT molecular complexity index is 3870. The fourth-order valence-corrected chi connectivity index (χ4v) is 11.3. The molecule has 9 rings (SSSR count). The van der Waals surface area contributed by atoms with Crippen molar-refractivity contribution in [1.29, 1.82) is 0 Å². The molecule has 6 N–H and O–H groups in total. The number of aliphatic imine (C=N–C) groups is 2. The van der Waals surface area contributed by atoms with Gasteiger partial charge in [-0.2, -0.15) is 0 Å². The van der Waals surface area contributed by atoms with E-state index in [1.165, 1.54) is 0 Å². The number of carboxylic acid groups (broad SMARTS) is 1. The van der Waals surface area contributed by atoms with Crippen LogP contribution in [0.5, 0.6) is 0 Å². The van der Waals surface area contributed by atoms with E-state index >= 15 is 0 Å². The van der Waals surface area contributed by atoms with Crippen LogP contribution in [0.1, 0.15) is 96.6 Å². The number of benzene rings is 7. The van der Waals surface area contributed by atoms with Crippen LogP contribution < -0.4 is 26.6 Å². The van der Waals surface area contributed by atoms with Crippen molar-refractivity contribution in [2.75, 3.05) is 32.7 Å². The lowest BCUT2D eigenvalue weighted by molar-refractivity contribution is -0.147. The average molecular weight is 1340 g/mol. The highest BCUT2D eigenvalue weighted by Gasteiger charge is 2.29. The molecule has 7 aromatic carbocycles. The number of carboxylic acids is 1. The molecule has 0 fully saturated rings. The minimum absolute atomic E-state index is 0.0207. The van der Waals surface area contributed by atoms with Crippen LogP contribution >= 0.6 is 46.4 Å². The summed E-state index contributed by atoms with van der Waals surface area (Å²) in [6, 6.07) is 45.2. The Labute approximate surface area is 555 Å². The predicted molar refractivity (Wildman–Crippen MR) is 355 cm³/mol. The quantitative estimate of drug-likeness (QED) is 0.0278. The van der Waals surface area contributed by atoms with Crippen molar-refractivity contribution in [1.82, 2.24) is 26.6 Å². The highest BCUT2D eigenvalue weighted by atomic mass is 35.5. The molecule has 23 heteroatoms. The second-order valence-corrected chi connectivity index (χ2v) is 23.6. The van der Waals surface area contributed by atoms with Crippen LogP contribution in [0.2, 0.25) is 20.1 Å². The molecule has 2 aliphatic heterocycles. The van der Waals surface area contributed by atoms with E-state index in [1.807, 2.05) is 78.9 Å². The van der Waals surface area contributed by atoms with Gasteiger partial charge in [-0.15, -0.1) is 0 Å². The molecule has 2 unspecified atom stereocenters. The third kappa shape index (κ3) is 21.2. The van der Waals surface area contributed by atoms with Crippen LogP contribution in [0.4, 0.5) is 8.78 Å². The lowest BCUT2D eigenvalue weighted by Gasteiger charge is -2.19. The summed E-state index contributed by atoms with van der Waals surface area (Å²) in [4.78, 5) is 111. The van der Waals surface area contributed by atoms with Crippen molar-refractivity contribution in [3.05, 3.63) is 223 Å². The Morgan fingerprint density at radius 1 is 0.527 bits per heavy atom. The molecule has 0 radical (unpaired) electrons. The standard InChI is InChI=1S/C38H35Cl2FN4O5.C32H30Cl2FN3O5/c39-31-18-28(26-11-5-2-6-12-26)19-32(40)35(31)37(48)45-33(38(49)50-23-24-8-3-1-4-9-24)15-14-30(46)22-44-36(47)27-13-7-10-25(16-27)17-34-42-20-29(41)21-43-34;33-26-15-22(20-6-2-1-3-7-20)16-27(34)29(26)31(41)38-28(32(42)43)12-11-25(39)18-37-30(40)21-8-4-5-19(13-21)14-24-10-9-23(35)17-36-24/h1-13,16,18-19,29,33H,14-15,17,20-23H2,(H,42,43)(H,44,47)(H,45,48);1-8,13,15-16,23,28H,9-12,14,17-18H2,(H,37,40)(H,38,41)(H,42,43)/t33-;23?,28-/m00/s1. The summed E-state index contributed by atoms with van der Waals surface area (Å²) in [5, 5.41) is 23.1. The molecule has 0 saturated carbocycles. The molecule has 0 aromatic heterocycles. The molecule has 4 atom stereocenters. The molecule has 2 aliphatic rings. The minimum Gasteiger partial charge on any atom is -0.480 e. The molecular weight excluding hydrogens is 1280 g/mol. The highest BCUT2D eigenvalue weighted by Crippen LogP contribution is 2.34. The number of ether oxygens (including phenoxy) is 1. The molecular formula is C70H65Cl4F2N7O10. The number of aliphatic carboxylic acids is 1. The van der Waals surface area contributed by atoms with Crippen LogP contribution in [-0.4, -0.2) is 121 Å². The van der Waals surface area contributed by atoms with Gasteiger partial charge in [-0.25, -0.2) is 18.4 Å². The van der Waals surface area contributed by atoms with Gasteiger partial charge in [-0.1, -0.05) is 162 Å². The number of ketones is 2. The lowest BCUT2D eigenvalue weighted by atomic mass is 9.99. The SMILES string of the molecule is O=C(CC[C@H](NC(=O)c1c(Cl)cc(-c2ccccc2)cc1Cl)C(=O)O)CNC(=O)c1cccc(CC2=NCC(F)CC2)c1.O=C(CC[C@H](NC(=O)c1c(Cl)cc(-c2ccccc2)cc1Cl)C(=O)OCc1ccccc1)CNC(=O)c1cccc(CC2=NCC(F)CN2)c1. The Morgan fingerprint density at radius 3 is 1.44 bits per heavy atom. The van der Waals surface area contributed by atoms with Crippen LogP contribution in [-0.2, 0) is 43.4 Å². The molecule has 0 aliphatic carbocycles. The summed E-state index contributed by atoms with van der Waals surface area (Å²) in [5.41, 5.74) is 6.98. The zero-order chi connectivity index (χ0) is 66.4. The molecule has 0 spiro atoms. The molecule has 2 heterocycles. The minimum atomic E-state index is -1.39. The Hall–Kier alpha value is -9.14. The van der Waals surface area contributed by atoms with Gasteiger partial charge < -0.3 is 36.4 Å². The second kappa shape index (κ2) is 34.5. The van der Waals surface area contributed by atoms with Gasteiger partial charge in [-0.05, 0) is 113 Å². The number of alkyl halides is 2. The fraction of sp³-hybridized carbons (Fsp3) is 0.257. The van der Waals surface area contributed by atoms with Gasteiger partial charge >= 0.3 is 11.9 Å². The molecule has 7 aromatic rings. The van der Waals surface area contributed by atoms with E-state index in [2.05, 4.69) is 36.6 Å². The van der Waals surface area contributed by atoms with E-state index in [9.17, 15) is 52.2 Å². The molecule has 17 nitrogen and oxygen atoms in total. The summed E-state index contributed by atoms with van der Waals surface area (Å²) in [5.74, 6) is -4.63. The van der Waals surface area contributed by atoms with Gasteiger partial charge in [0.2, 0.25) is 0 Å². The van der Waals surface area contributed by atoms with Crippen molar-refractivity contribution < 1.29 is 57.0 Å². The van der Waals surface area contributed by atoms with Gasteiger partial charge in [0.1, 0.15) is 36.9 Å². The normalized spacial score (nSPS) is 14.8. The van der Waals surface area contributed by atoms with E-state index in [0.717, 1.165) is 33.5 Å². The number of esters is 1. The number of amides is 4. The fourth-order valence-electron chi connectivity index (χ4n) is 9.94. The first-order valence-electron chi connectivity index (χ1n) is 29.8. The van der Waals surface area contributed by atoms with Crippen molar-refractivity contribution in [2.24, 2.45) is 9.98 Å². The number of halogens is 6. The zero-order valence-electron chi connectivity index (χ0n) is 50.1. The van der Waals surface area contributed by atoms with Crippen molar-refractivity contribution >= 4 is 105 Å². The molecule has 93 heavy (non-hydrogen) atoms. The second-order valence-electron chi connectivity index (χ2n) is 21.9. The Balaban J connectivity index is 0.000000242. The van der Waals surface area contributed by atoms with E-state index in [-0.39, 0.29) is 102 Å². The third-order valence-corrected chi connectivity index (χ3v) is 16.1. The number of hydrogen-bond donors (Lipinski definition) is 6. The number of carbonyl (C=O) groups excluding carboxylic acids is 7. The van der Waals surface area contributed by atoms with Gasteiger partial charge in [-0.3, -0.25) is 38.8 Å². The van der Waals surface area contributed by atoms with Gasteiger partial charge in [0.25, 0.3) is 23.6 Å². The molecule has 482 valence electrons. The number of nitrogens with one attached hydrogen (secondary N) is 5. The zero-order valence-corrected chi connectivity index (χ0v) is 53.1. The number of nitrogens with zero attached hydrogens (tertiary/aromatic N) is 2. The van der Waals surface area contributed by atoms with Crippen LogP contribution in [0.25, 0.3) is 22.3 Å². The first kappa shape index (κ1) is 69.7. The summed E-state index contributed by atoms with van der Waals surface area (Å²) in [6.07, 6.45) is -0.648. The molecule has 0 saturated heterocycles. The maximum absolute atomic E-state index is 13.4. The average Bonchev–Trinajstić information content (AvgIpc) is 1.15. The first-order valence-corrected chi connectivity index (χ1v) is 31.3. The van der Waals surface area contributed by atoms with E-state index in [1.54, 1.807) is 84.9 Å². The summed E-state index contributed by atoms with van der Waals surface area (Å²) < 4.78 is 32.2. The number of amidine groups is 1. The van der Waals surface area contributed by atoms with Crippen LogP contribution in [0.3, 0.4) is 0 Å². The number of hydrogen-bond acceptors (Lipinski definition) is 12. The lowest BCUT2D eigenvalue weighted by Crippen LogP contribution is -2.42. The van der Waals surface area contributed by atoms with Crippen LogP contribution in [0.15, 0.2) is 174 Å². The van der Waals surface area contributed by atoms with Crippen molar-refractivity contribution in [3.63, 3.8) is 0 Å². The van der Waals surface area contributed by atoms with Gasteiger partial charge in [0.15, 0.2) is 11.6 Å².